The first-order valence-corrected chi connectivity index (χ1v) is 5.92. The summed E-state index contributed by atoms with van der Waals surface area (Å²) in [7, 11) is 1.64. The van der Waals surface area contributed by atoms with Gasteiger partial charge in [0.1, 0.15) is 11.6 Å². The second kappa shape index (κ2) is 6.29. The van der Waals surface area contributed by atoms with E-state index in [1.54, 1.807) is 19.5 Å². The Labute approximate surface area is 110 Å². The van der Waals surface area contributed by atoms with Crippen LogP contribution in [-0.4, -0.2) is 23.3 Å². The highest BCUT2D eigenvalue weighted by Crippen LogP contribution is 2.18. The largest absolute Gasteiger partial charge is 0.385 e. The molecule has 19 heavy (non-hydrogen) atoms. The minimum atomic E-state index is -0.625. The van der Waals surface area contributed by atoms with E-state index < -0.39 is 11.6 Å². The second-order valence-corrected chi connectivity index (χ2v) is 4.07. The van der Waals surface area contributed by atoms with Crippen molar-refractivity contribution in [1.82, 2.24) is 9.55 Å². The molecule has 0 saturated carbocycles. The van der Waals surface area contributed by atoms with E-state index >= 15 is 0 Å². The molecule has 0 bridgehead atoms. The number of imidazole rings is 1. The lowest BCUT2D eigenvalue weighted by Gasteiger charge is -2.09. The maximum atomic E-state index is 13.1. The Morgan fingerprint density at radius 2 is 2.00 bits per heavy atom. The summed E-state index contributed by atoms with van der Waals surface area (Å²) in [5.41, 5.74) is 0.330. The Morgan fingerprint density at radius 3 is 2.68 bits per heavy atom. The van der Waals surface area contributed by atoms with Crippen molar-refractivity contribution in [2.75, 3.05) is 19.0 Å². The lowest BCUT2D eigenvalue weighted by atomic mass is 10.3. The van der Waals surface area contributed by atoms with Gasteiger partial charge in [-0.15, -0.1) is 0 Å². The molecule has 1 aromatic heterocycles. The van der Waals surface area contributed by atoms with E-state index in [1.807, 2.05) is 4.57 Å². The topological polar surface area (TPSA) is 39.1 Å². The summed E-state index contributed by atoms with van der Waals surface area (Å²) >= 11 is 0. The summed E-state index contributed by atoms with van der Waals surface area (Å²) in [6, 6.07) is 3.27. The summed E-state index contributed by atoms with van der Waals surface area (Å²) in [4.78, 5) is 4.12. The van der Waals surface area contributed by atoms with E-state index in [-0.39, 0.29) is 0 Å². The number of methoxy groups -OCH3 is 1. The molecule has 4 nitrogen and oxygen atoms in total. The SMILES string of the molecule is COCCCn1ccnc1Nc1cc(F)cc(F)c1. The third kappa shape index (κ3) is 3.75. The summed E-state index contributed by atoms with van der Waals surface area (Å²) < 4.78 is 33.0. The zero-order chi connectivity index (χ0) is 13.7. The standard InChI is InChI=1S/C13H15F2N3O/c1-19-6-2-4-18-5-3-16-13(18)17-12-8-10(14)7-11(15)9-12/h3,5,7-9H,2,4,6H2,1H3,(H,16,17). The van der Waals surface area contributed by atoms with Crippen LogP contribution >= 0.6 is 0 Å². The highest BCUT2D eigenvalue weighted by Gasteiger charge is 2.05. The average molecular weight is 267 g/mol. The van der Waals surface area contributed by atoms with Gasteiger partial charge in [-0.1, -0.05) is 0 Å². The number of hydrogen-bond acceptors (Lipinski definition) is 3. The number of hydrogen-bond donors (Lipinski definition) is 1. The normalized spacial score (nSPS) is 10.7. The molecule has 102 valence electrons. The van der Waals surface area contributed by atoms with E-state index in [2.05, 4.69) is 10.3 Å². The zero-order valence-corrected chi connectivity index (χ0v) is 10.6. The highest BCUT2D eigenvalue weighted by atomic mass is 19.1. The molecular weight excluding hydrogens is 252 g/mol. The molecule has 0 spiro atoms. The van der Waals surface area contributed by atoms with Gasteiger partial charge in [0.15, 0.2) is 0 Å². The van der Waals surface area contributed by atoms with Crippen molar-refractivity contribution in [3.63, 3.8) is 0 Å². The molecule has 1 aromatic carbocycles. The molecule has 0 radical (unpaired) electrons. The van der Waals surface area contributed by atoms with Gasteiger partial charge in [0.25, 0.3) is 0 Å². The Bertz CT molecular complexity index is 522. The van der Waals surface area contributed by atoms with Crippen molar-refractivity contribution in [3.05, 3.63) is 42.2 Å². The molecule has 0 aliphatic carbocycles. The molecule has 0 atom stereocenters. The fourth-order valence-electron chi connectivity index (χ4n) is 1.75. The van der Waals surface area contributed by atoms with E-state index in [0.29, 0.717) is 24.8 Å². The van der Waals surface area contributed by atoms with Gasteiger partial charge in [0.05, 0.1) is 0 Å². The van der Waals surface area contributed by atoms with Crippen LogP contribution in [0.15, 0.2) is 30.6 Å². The quantitative estimate of drug-likeness (QED) is 0.818. The summed E-state index contributed by atoms with van der Waals surface area (Å²) in [6.45, 7) is 1.36. The number of halogens is 2. The van der Waals surface area contributed by atoms with Crippen molar-refractivity contribution < 1.29 is 13.5 Å². The number of ether oxygens (including phenoxy) is 1. The Hall–Kier alpha value is -1.95. The van der Waals surface area contributed by atoms with Crippen LogP contribution in [-0.2, 0) is 11.3 Å². The van der Waals surface area contributed by atoms with Gasteiger partial charge in [-0.25, -0.2) is 13.8 Å². The number of benzene rings is 1. The molecule has 0 unspecified atom stereocenters. The van der Waals surface area contributed by atoms with Crippen LogP contribution in [0.1, 0.15) is 6.42 Å². The fraction of sp³-hybridized carbons (Fsp3) is 0.308. The lowest BCUT2D eigenvalue weighted by molar-refractivity contribution is 0.190. The first-order chi connectivity index (χ1) is 9.19. The number of aryl methyl sites for hydroxylation is 1. The average Bonchev–Trinajstić information content (AvgIpc) is 2.76. The van der Waals surface area contributed by atoms with Gasteiger partial charge in [-0.3, -0.25) is 0 Å². The maximum Gasteiger partial charge on any atom is 0.207 e. The maximum absolute atomic E-state index is 13.1. The van der Waals surface area contributed by atoms with Gasteiger partial charge in [-0.2, -0.15) is 0 Å². The summed E-state index contributed by atoms with van der Waals surface area (Å²) in [6.07, 6.45) is 4.26. The molecule has 2 rings (SSSR count). The third-order valence-corrected chi connectivity index (χ3v) is 2.58. The van der Waals surface area contributed by atoms with E-state index in [9.17, 15) is 8.78 Å². The molecule has 6 heteroatoms. The van der Waals surface area contributed by atoms with Gasteiger partial charge in [0, 0.05) is 44.4 Å². The molecule has 1 N–H and O–H groups in total. The molecule has 0 fully saturated rings. The van der Waals surface area contributed by atoms with Crippen LogP contribution in [0.5, 0.6) is 0 Å². The number of nitrogens with one attached hydrogen (secondary N) is 1. The minimum Gasteiger partial charge on any atom is -0.385 e. The molecule has 0 amide bonds. The van der Waals surface area contributed by atoms with Gasteiger partial charge >= 0.3 is 0 Å². The Kier molecular flexibility index (Phi) is 4.46. The van der Waals surface area contributed by atoms with E-state index in [4.69, 9.17) is 4.74 Å². The second-order valence-electron chi connectivity index (χ2n) is 4.07. The van der Waals surface area contributed by atoms with Crippen LogP contribution < -0.4 is 5.32 Å². The van der Waals surface area contributed by atoms with Crippen molar-refractivity contribution in [1.29, 1.82) is 0 Å². The fourth-order valence-corrected chi connectivity index (χ4v) is 1.75. The van der Waals surface area contributed by atoms with Crippen molar-refractivity contribution in [3.8, 4) is 0 Å². The third-order valence-electron chi connectivity index (χ3n) is 2.58. The molecule has 2 aromatic rings. The Balaban J connectivity index is 2.08. The lowest BCUT2D eigenvalue weighted by Crippen LogP contribution is -2.05. The first kappa shape index (κ1) is 13.5. The predicted octanol–water partition coefficient (Wildman–Crippen LogP) is 2.94. The number of nitrogens with zero attached hydrogens (tertiary/aromatic N) is 2. The van der Waals surface area contributed by atoms with Crippen molar-refractivity contribution in [2.24, 2.45) is 0 Å². The minimum absolute atomic E-state index is 0.330. The van der Waals surface area contributed by atoms with Crippen molar-refractivity contribution >= 4 is 11.6 Å². The number of rotatable bonds is 6. The summed E-state index contributed by atoms with van der Waals surface area (Å²) in [5.74, 6) is -0.707. The van der Waals surface area contributed by atoms with Gasteiger partial charge in [-0.05, 0) is 18.6 Å². The van der Waals surface area contributed by atoms with Crippen LogP contribution in [0.3, 0.4) is 0 Å². The van der Waals surface area contributed by atoms with Crippen molar-refractivity contribution in [2.45, 2.75) is 13.0 Å². The van der Waals surface area contributed by atoms with Crippen LogP contribution in [0.4, 0.5) is 20.4 Å². The van der Waals surface area contributed by atoms with E-state index in [0.717, 1.165) is 12.5 Å². The molecule has 1 heterocycles. The first-order valence-electron chi connectivity index (χ1n) is 5.92. The molecule has 0 saturated heterocycles. The van der Waals surface area contributed by atoms with Gasteiger partial charge in [0.2, 0.25) is 5.95 Å². The van der Waals surface area contributed by atoms with Crippen LogP contribution in [0.2, 0.25) is 0 Å². The number of aromatic nitrogens is 2. The smallest absolute Gasteiger partial charge is 0.207 e. The van der Waals surface area contributed by atoms with Gasteiger partial charge < -0.3 is 14.6 Å². The molecule has 0 aliphatic heterocycles. The van der Waals surface area contributed by atoms with E-state index in [1.165, 1.54) is 12.1 Å². The zero-order valence-electron chi connectivity index (χ0n) is 10.6. The van der Waals surface area contributed by atoms with Crippen LogP contribution in [0, 0.1) is 11.6 Å². The highest BCUT2D eigenvalue weighted by molar-refractivity contribution is 5.53. The predicted molar refractivity (Wildman–Crippen MR) is 68.4 cm³/mol. The number of anilines is 2. The molecular formula is C13H15F2N3O. The van der Waals surface area contributed by atoms with Crippen LogP contribution in [0.25, 0.3) is 0 Å². The molecule has 0 aliphatic rings. The summed E-state index contributed by atoms with van der Waals surface area (Å²) in [5, 5.41) is 2.89. The monoisotopic (exact) mass is 267 g/mol. The Morgan fingerprint density at radius 1 is 1.26 bits per heavy atom.